The molecule has 1 aliphatic heterocycles. The van der Waals surface area contributed by atoms with Gasteiger partial charge in [-0.15, -0.1) is 0 Å². The number of carbonyl (C=O) groups is 2. The first kappa shape index (κ1) is 18.9. The van der Waals surface area contributed by atoms with E-state index in [1.54, 1.807) is 18.2 Å². The number of nitrogens with zero attached hydrogens (tertiary/aromatic N) is 3. The molecule has 0 saturated carbocycles. The summed E-state index contributed by atoms with van der Waals surface area (Å²) >= 11 is 0. The normalized spacial score (nSPS) is 16.1. The highest BCUT2D eigenvalue weighted by molar-refractivity contribution is 5.89. The Morgan fingerprint density at radius 1 is 1.41 bits per heavy atom. The Hall–Kier alpha value is -2.85. The molecule has 0 bridgehead atoms. The van der Waals surface area contributed by atoms with Crippen molar-refractivity contribution in [2.45, 2.75) is 6.04 Å². The van der Waals surface area contributed by atoms with E-state index in [4.69, 9.17) is 19.7 Å². The van der Waals surface area contributed by atoms with Crippen molar-refractivity contribution in [3.8, 4) is 5.75 Å². The second-order valence-corrected chi connectivity index (χ2v) is 6.25. The fourth-order valence-corrected chi connectivity index (χ4v) is 2.88. The van der Waals surface area contributed by atoms with Gasteiger partial charge < -0.3 is 25.0 Å². The molecule has 10 heteroatoms. The summed E-state index contributed by atoms with van der Waals surface area (Å²) in [6.45, 7) is 3.02. The molecule has 1 aromatic carbocycles. The molecule has 2 amide bonds. The van der Waals surface area contributed by atoms with E-state index < -0.39 is 12.1 Å². The van der Waals surface area contributed by atoms with Crippen LogP contribution >= 0.6 is 0 Å². The van der Waals surface area contributed by atoms with E-state index in [9.17, 15) is 9.59 Å². The number of nitrogen functional groups attached to an aromatic ring is 1. The van der Waals surface area contributed by atoms with Gasteiger partial charge >= 0.3 is 6.09 Å². The fraction of sp³-hybridized carbons (Fsp3) is 0.471. The van der Waals surface area contributed by atoms with E-state index in [1.165, 1.54) is 19.0 Å². The second kappa shape index (κ2) is 8.23. The predicted molar refractivity (Wildman–Crippen MR) is 97.3 cm³/mol. The van der Waals surface area contributed by atoms with Gasteiger partial charge in [-0.1, -0.05) is 5.16 Å². The molecular weight excluding hydrogens is 354 g/mol. The molecule has 27 heavy (non-hydrogen) atoms. The summed E-state index contributed by atoms with van der Waals surface area (Å²) in [5.74, 6) is 0.239. The monoisotopic (exact) mass is 377 g/mol. The number of fused-ring (bicyclic) bond motifs is 1. The van der Waals surface area contributed by atoms with Gasteiger partial charge in [-0.05, 0) is 18.2 Å². The summed E-state index contributed by atoms with van der Waals surface area (Å²) in [4.78, 5) is 28.3. The van der Waals surface area contributed by atoms with Gasteiger partial charge in [0.1, 0.15) is 11.8 Å². The summed E-state index contributed by atoms with van der Waals surface area (Å²) in [6, 6.07) is 4.08. The van der Waals surface area contributed by atoms with Gasteiger partial charge in [0.05, 0.1) is 18.6 Å². The molecule has 0 radical (unpaired) electrons. The van der Waals surface area contributed by atoms with Crippen molar-refractivity contribution in [3.63, 3.8) is 0 Å². The van der Waals surface area contributed by atoms with Crippen LogP contribution in [0.15, 0.2) is 22.7 Å². The van der Waals surface area contributed by atoms with Crippen LogP contribution in [0.1, 0.15) is 0 Å². The van der Waals surface area contributed by atoms with Crippen molar-refractivity contribution in [2.75, 3.05) is 52.7 Å². The first-order valence-corrected chi connectivity index (χ1v) is 8.61. The smallest absolute Gasteiger partial charge is 0.410 e. The van der Waals surface area contributed by atoms with Crippen molar-refractivity contribution < 1.29 is 23.6 Å². The number of hydrogen-bond acceptors (Lipinski definition) is 8. The van der Waals surface area contributed by atoms with E-state index in [0.29, 0.717) is 43.8 Å². The molecule has 1 fully saturated rings. The van der Waals surface area contributed by atoms with Gasteiger partial charge in [-0.2, -0.15) is 0 Å². The minimum Gasteiger partial charge on any atom is -0.410 e. The first-order valence-electron chi connectivity index (χ1n) is 8.61. The van der Waals surface area contributed by atoms with Gasteiger partial charge in [0.2, 0.25) is 5.91 Å². The number of ether oxygens (including phenoxy) is 2. The molecule has 1 atom stereocenters. The minimum atomic E-state index is -0.690. The Bertz CT molecular complexity index is 817. The lowest BCUT2D eigenvalue weighted by molar-refractivity contribution is -0.126. The molecule has 2 heterocycles. The van der Waals surface area contributed by atoms with Crippen molar-refractivity contribution in [1.29, 1.82) is 0 Å². The zero-order chi connectivity index (χ0) is 19.4. The van der Waals surface area contributed by atoms with Crippen LogP contribution in [0.4, 0.5) is 10.6 Å². The molecular formula is C17H23N5O5. The quantitative estimate of drug-likeness (QED) is 0.762. The van der Waals surface area contributed by atoms with E-state index in [1.807, 2.05) is 0 Å². The van der Waals surface area contributed by atoms with Gasteiger partial charge in [-0.3, -0.25) is 14.6 Å². The van der Waals surface area contributed by atoms with E-state index in [-0.39, 0.29) is 17.5 Å². The highest BCUT2D eigenvalue weighted by Gasteiger charge is 2.30. The Morgan fingerprint density at radius 2 is 2.15 bits per heavy atom. The van der Waals surface area contributed by atoms with Crippen LogP contribution in [0.2, 0.25) is 0 Å². The Kier molecular flexibility index (Phi) is 5.77. The maximum Gasteiger partial charge on any atom is 0.415 e. The third-order valence-electron chi connectivity index (χ3n) is 4.51. The van der Waals surface area contributed by atoms with Gasteiger partial charge in [0.25, 0.3) is 0 Å². The van der Waals surface area contributed by atoms with Crippen molar-refractivity contribution in [1.82, 2.24) is 20.3 Å². The molecule has 1 saturated heterocycles. The van der Waals surface area contributed by atoms with E-state index in [2.05, 4.69) is 15.4 Å². The Labute approximate surface area is 156 Å². The molecule has 1 aromatic heterocycles. The molecule has 0 aliphatic carbocycles. The zero-order valence-electron chi connectivity index (χ0n) is 15.3. The van der Waals surface area contributed by atoms with Crippen molar-refractivity contribution in [3.05, 3.63) is 18.2 Å². The third-order valence-corrected chi connectivity index (χ3v) is 4.51. The van der Waals surface area contributed by atoms with Crippen LogP contribution in [-0.2, 0) is 9.53 Å². The number of morpholine rings is 1. The molecule has 1 aliphatic rings. The molecule has 146 valence electrons. The van der Waals surface area contributed by atoms with Gasteiger partial charge in [0.15, 0.2) is 11.4 Å². The number of nitrogens with one attached hydrogen (secondary N) is 1. The van der Waals surface area contributed by atoms with Crippen LogP contribution in [0.3, 0.4) is 0 Å². The van der Waals surface area contributed by atoms with Gasteiger partial charge in [0, 0.05) is 33.7 Å². The Morgan fingerprint density at radius 3 is 2.85 bits per heavy atom. The maximum atomic E-state index is 12.6. The molecule has 0 spiro atoms. The van der Waals surface area contributed by atoms with E-state index >= 15 is 0 Å². The molecule has 2 aromatic rings. The summed E-state index contributed by atoms with van der Waals surface area (Å²) in [7, 11) is 3.07. The molecule has 1 unspecified atom stereocenters. The molecule has 3 rings (SSSR count). The van der Waals surface area contributed by atoms with Crippen LogP contribution in [0.5, 0.6) is 5.75 Å². The maximum absolute atomic E-state index is 12.6. The fourth-order valence-electron chi connectivity index (χ4n) is 2.88. The van der Waals surface area contributed by atoms with Crippen LogP contribution in [0.25, 0.3) is 11.0 Å². The summed E-state index contributed by atoms with van der Waals surface area (Å²) in [6.07, 6.45) is -0.647. The number of hydrogen-bond donors (Lipinski definition) is 2. The summed E-state index contributed by atoms with van der Waals surface area (Å²) < 4.78 is 15.8. The Balaban J connectivity index is 1.71. The second-order valence-electron chi connectivity index (χ2n) is 6.25. The topological polar surface area (TPSA) is 123 Å². The average Bonchev–Trinajstić information content (AvgIpc) is 3.06. The highest BCUT2D eigenvalue weighted by Crippen LogP contribution is 2.25. The first-order chi connectivity index (χ1) is 13.0. The van der Waals surface area contributed by atoms with Crippen LogP contribution < -0.4 is 15.8 Å². The van der Waals surface area contributed by atoms with Crippen LogP contribution in [0, 0.1) is 0 Å². The van der Waals surface area contributed by atoms with Crippen molar-refractivity contribution >= 4 is 28.8 Å². The SMILES string of the molecule is CNC(=O)C(CN1CCOCC1)N(C)C(=O)Oc1ccc2onc(N)c2c1. The average molecular weight is 377 g/mol. The predicted octanol–water partition coefficient (Wildman–Crippen LogP) is 0.287. The zero-order valence-corrected chi connectivity index (χ0v) is 15.3. The number of nitrogens with two attached hydrogens (primary N) is 1. The molecule has 3 N–H and O–H groups in total. The lowest BCUT2D eigenvalue weighted by Gasteiger charge is -2.33. The number of rotatable bonds is 5. The largest absolute Gasteiger partial charge is 0.415 e. The lowest BCUT2D eigenvalue weighted by Crippen LogP contribution is -2.54. The van der Waals surface area contributed by atoms with Gasteiger partial charge in [-0.25, -0.2) is 4.79 Å². The number of amides is 2. The van der Waals surface area contributed by atoms with Crippen molar-refractivity contribution in [2.24, 2.45) is 0 Å². The summed E-state index contributed by atoms with van der Waals surface area (Å²) in [5, 5.41) is 6.82. The third kappa shape index (κ3) is 4.29. The number of anilines is 1. The van der Waals surface area contributed by atoms with E-state index in [0.717, 1.165) is 0 Å². The minimum absolute atomic E-state index is 0.215. The number of aromatic nitrogens is 1. The highest BCUT2D eigenvalue weighted by atomic mass is 16.6. The lowest BCUT2D eigenvalue weighted by atomic mass is 10.2. The number of likely N-dealkylation sites (N-methyl/N-ethyl adjacent to an activating group) is 2. The summed E-state index contributed by atoms with van der Waals surface area (Å²) in [5.41, 5.74) is 6.22. The molecule has 10 nitrogen and oxygen atoms in total. The number of carbonyl (C=O) groups excluding carboxylic acids is 2. The number of benzene rings is 1. The standard InChI is InChI=1S/C17H23N5O5/c1-19-16(23)13(10-22-5-7-25-8-6-22)21(2)17(24)26-11-3-4-14-12(9-11)15(18)20-27-14/h3-4,9,13H,5-8,10H2,1-2H3,(H2,18,20)(H,19,23). The van der Waals surface area contributed by atoms with Crippen LogP contribution in [-0.4, -0.2) is 79.9 Å².